The fourth-order valence-electron chi connectivity index (χ4n) is 3.90. The van der Waals surface area contributed by atoms with Crippen molar-refractivity contribution in [3.05, 3.63) is 32.5 Å². The van der Waals surface area contributed by atoms with Crippen LogP contribution < -0.4 is 0 Å². The Kier molecular flexibility index (Phi) is 5.52. The van der Waals surface area contributed by atoms with Crippen molar-refractivity contribution in [1.82, 2.24) is 4.90 Å². The lowest BCUT2D eigenvalue weighted by molar-refractivity contribution is -0.136. The summed E-state index contributed by atoms with van der Waals surface area (Å²) in [4.78, 5) is 16.3. The van der Waals surface area contributed by atoms with Gasteiger partial charge in [-0.2, -0.15) is 0 Å². The molecule has 2 fully saturated rings. The summed E-state index contributed by atoms with van der Waals surface area (Å²) in [6.45, 7) is 6.51. The van der Waals surface area contributed by atoms with Crippen LogP contribution in [0.15, 0.2) is 22.0 Å². The Morgan fingerprint density at radius 3 is 2.62 bits per heavy atom. The molecule has 1 saturated heterocycles. The van der Waals surface area contributed by atoms with Gasteiger partial charge in [0.05, 0.1) is 24.0 Å². The zero-order valence-electron chi connectivity index (χ0n) is 15.0. The summed E-state index contributed by atoms with van der Waals surface area (Å²) in [6, 6.07) is 1.76. The van der Waals surface area contributed by atoms with Gasteiger partial charge in [-0.3, -0.25) is 4.79 Å². The zero-order chi connectivity index (χ0) is 19.3. The standard InChI is InChI=1S/C18H23Cl2NO3S2/c1-11-4-6-25-14(11)9-21(12-5-7-26(23,24)10-12)17(22)16-13(8-15(19)20)18(16,2)3/h4,6,8,12-13,16H,5,7,9-10H2,1-3H3. The maximum atomic E-state index is 13.4. The summed E-state index contributed by atoms with van der Waals surface area (Å²) in [7, 11) is -3.07. The SMILES string of the molecule is Cc1ccsc1CN(C(=O)C1C(C=C(Cl)Cl)C1(C)C)C1CCS(=O)(=O)C1. The molecule has 144 valence electrons. The topological polar surface area (TPSA) is 54.5 Å². The van der Waals surface area contributed by atoms with Gasteiger partial charge in [-0.05, 0) is 47.8 Å². The minimum atomic E-state index is -3.07. The van der Waals surface area contributed by atoms with Crippen LogP contribution >= 0.6 is 34.5 Å². The Morgan fingerprint density at radius 1 is 1.42 bits per heavy atom. The number of amides is 1. The summed E-state index contributed by atoms with van der Waals surface area (Å²) in [5.74, 6) is -0.0488. The fourth-order valence-corrected chi connectivity index (χ4v) is 6.81. The van der Waals surface area contributed by atoms with Gasteiger partial charge in [0.1, 0.15) is 4.49 Å². The first kappa shape index (κ1) is 20.2. The molecule has 0 aromatic carbocycles. The zero-order valence-corrected chi connectivity index (χ0v) is 18.2. The van der Waals surface area contributed by atoms with Crippen molar-refractivity contribution in [3.8, 4) is 0 Å². The van der Waals surface area contributed by atoms with Crippen molar-refractivity contribution in [3.63, 3.8) is 0 Å². The van der Waals surface area contributed by atoms with Crippen molar-refractivity contribution in [2.75, 3.05) is 11.5 Å². The summed E-state index contributed by atoms with van der Waals surface area (Å²) in [6.07, 6.45) is 2.23. The van der Waals surface area contributed by atoms with E-state index in [0.717, 1.165) is 10.4 Å². The lowest BCUT2D eigenvalue weighted by Gasteiger charge is -2.29. The molecule has 2 aliphatic rings. The van der Waals surface area contributed by atoms with Gasteiger partial charge < -0.3 is 4.90 Å². The molecule has 8 heteroatoms. The van der Waals surface area contributed by atoms with E-state index in [1.54, 1.807) is 22.3 Å². The number of rotatable bonds is 5. The van der Waals surface area contributed by atoms with Gasteiger partial charge in [-0.1, -0.05) is 37.0 Å². The van der Waals surface area contributed by atoms with E-state index in [0.29, 0.717) is 13.0 Å². The third-order valence-electron chi connectivity index (χ3n) is 5.70. The minimum absolute atomic E-state index is 0.000679. The quantitative estimate of drug-likeness (QED) is 0.697. The van der Waals surface area contributed by atoms with Gasteiger partial charge in [0.15, 0.2) is 9.84 Å². The van der Waals surface area contributed by atoms with Crippen LogP contribution in [0.1, 0.15) is 30.7 Å². The van der Waals surface area contributed by atoms with Gasteiger partial charge in [-0.15, -0.1) is 11.3 Å². The van der Waals surface area contributed by atoms with Crippen LogP contribution in [0.4, 0.5) is 0 Å². The van der Waals surface area contributed by atoms with Gasteiger partial charge >= 0.3 is 0 Å². The number of sulfone groups is 1. The highest BCUT2D eigenvalue weighted by molar-refractivity contribution is 7.91. The molecule has 1 amide bonds. The smallest absolute Gasteiger partial charge is 0.227 e. The first-order valence-electron chi connectivity index (χ1n) is 8.59. The van der Waals surface area contributed by atoms with E-state index in [4.69, 9.17) is 23.2 Å². The van der Waals surface area contributed by atoms with Crippen molar-refractivity contribution < 1.29 is 13.2 Å². The Hall–Kier alpha value is -0.560. The maximum Gasteiger partial charge on any atom is 0.227 e. The van der Waals surface area contributed by atoms with E-state index >= 15 is 0 Å². The number of halogens is 2. The van der Waals surface area contributed by atoms with Crippen molar-refractivity contribution in [1.29, 1.82) is 0 Å². The normalized spacial score (nSPS) is 28.6. The molecule has 1 saturated carbocycles. The summed E-state index contributed by atoms with van der Waals surface area (Å²) in [5.41, 5.74) is 0.899. The monoisotopic (exact) mass is 435 g/mol. The van der Waals surface area contributed by atoms with Crippen molar-refractivity contribution in [2.45, 2.75) is 39.8 Å². The summed E-state index contributed by atoms with van der Waals surface area (Å²) >= 11 is 13.2. The second-order valence-corrected chi connectivity index (χ2v) is 12.1. The molecule has 1 aromatic heterocycles. The number of allylic oxidation sites excluding steroid dienone is 1. The number of hydrogen-bond acceptors (Lipinski definition) is 4. The van der Waals surface area contributed by atoms with E-state index < -0.39 is 9.84 Å². The lowest BCUT2D eigenvalue weighted by atomic mass is 10.1. The molecule has 3 unspecified atom stereocenters. The van der Waals surface area contributed by atoms with Gasteiger partial charge in [0.2, 0.25) is 5.91 Å². The third-order valence-corrected chi connectivity index (χ3v) is 8.71. The summed E-state index contributed by atoms with van der Waals surface area (Å²) < 4.78 is 24.1. The average Bonchev–Trinajstić information content (AvgIpc) is 2.83. The molecule has 1 aliphatic carbocycles. The molecule has 1 aliphatic heterocycles. The Balaban J connectivity index is 1.87. The summed E-state index contributed by atoms with van der Waals surface area (Å²) in [5, 5.41) is 2.00. The van der Waals surface area contributed by atoms with Gasteiger partial charge in [-0.25, -0.2) is 8.42 Å². The predicted molar refractivity (Wildman–Crippen MR) is 107 cm³/mol. The number of aryl methyl sites for hydroxylation is 1. The van der Waals surface area contributed by atoms with Crippen LogP contribution in [0.25, 0.3) is 0 Å². The van der Waals surface area contributed by atoms with Gasteiger partial charge in [0.25, 0.3) is 0 Å². The van der Waals surface area contributed by atoms with E-state index in [-0.39, 0.29) is 45.2 Å². The van der Waals surface area contributed by atoms with Gasteiger partial charge in [0, 0.05) is 10.9 Å². The van der Waals surface area contributed by atoms with E-state index in [9.17, 15) is 13.2 Å². The number of carbonyl (C=O) groups is 1. The highest BCUT2D eigenvalue weighted by Gasteiger charge is 2.62. The third kappa shape index (κ3) is 3.98. The first-order chi connectivity index (χ1) is 12.0. The Labute approximate surface area is 169 Å². The van der Waals surface area contributed by atoms with Crippen LogP contribution in [0, 0.1) is 24.2 Å². The molecule has 1 aromatic rings. The van der Waals surface area contributed by atoms with Crippen molar-refractivity contribution in [2.24, 2.45) is 17.3 Å². The Bertz CT molecular complexity index is 840. The molecule has 4 nitrogen and oxygen atoms in total. The van der Waals surface area contributed by atoms with Crippen LogP contribution in [0.5, 0.6) is 0 Å². The minimum Gasteiger partial charge on any atom is -0.333 e. The molecule has 26 heavy (non-hydrogen) atoms. The average molecular weight is 436 g/mol. The van der Waals surface area contributed by atoms with Crippen molar-refractivity contribution >= 4 is 50.3 Å². The first-order valence-corrected chi connectivity index (χ1v) is 12.1. The number of hydrogen-bond donors (Lipinski definition) is 0. The van der Waals surface area contributed by atoms with Crippen LogP contribution in [-0.2, 0) is 21.2 Å². The maximum absolute atomic E-state index is 13.4. The van der Waals surface area contributed by atoms with E-state index in [1.165, 1.54) is 0 Å². The van der Waals surface area contributed by atoms with E-state index in [1.807, 2.05) is 32.2 Å². The molecule has 0 N–H and O–H groups in total. The second-order valence-electron chi connectivity index (χ2n) is 7.83. The van der Waals surface area contributed by atoms with Crippen LogP contribution in [-0.4, -0.2) is 36.8 Å². The fraction of sp³-hybridized carbons (Fsp3) is 0.611. The lowest BCUT2D eigenvalue weighted by Crippen LogP contribution is -2.42. The Morgan fingerprint density at radius 2 is 2.12 bits per heavy atom. The number of carbonyl (C=O) groups excluding carboxylic acids is 1. The molecule has 0 spiro atoms. The largest absolute Gasteiger partial charge is 0.333 e. The molecule has 2 heterocycles. The van der Waals surface area contributed by atoms with E-state index in [2.05, 4.69) is 0 Å². The highest BCUT2D eigenvalue weighted by Crippen LogP contribution is 2.60. The highest BCUT2D eigenvalue weighted by atomic mass is 35.5. The molecule has 3 rings (SSSR count). The van der Waals surface area contributed by atoms with Crippen LogP contribution in [0.2, 0.25) is 0 Å². The molecule has 0 radical (unpaired) electrons. The number of thiophene rings is 1. The second kappa shape index (κ2) is 7.12. The van der Waals surface area contributed by atoms with Crippen LogP contribution in [0.3, 0.4) is 0 Å². The molecule has 0 bridgehead atoms. The number of nitrogens with zero attached hydrogens (tertiary/aromatic N) is 1. The molecular weight excluding hydrogens is 413 g/mol. The predicted octanol–water partition coefficient (Wildman–Crippen LogP) is 4.16. The molecular formula is C18H23Cl2NO3S2. The molecule has 3 atom stereocenters.